The minimum atomic E-state index is 0.586. The van der Waals surface area contributed by atoms with Crippen molar-refractivity contribution in [1.82, 2.24) is 20.1 Å². The molecule has 0 bridgehead atoms. The average Bonchev–Trinajstić information content (AvgIpc) is 3.51. The molecule has 1 aromatic rings. The largest absolute Gasteiger partial charge is 0.381 e. The molecule has 2 atom stereocenters. The summed E-state index contributed by atoms with van der Waals surface area (Å²) in [5, 5.41) is 7.80. The fraction of sp³-hybridized carbons (Fsp3) is 0.889. The smallest absolute Gasteiger partial charge is 0.153 e. The summed E-state index contributed by atoms with van der Waals surface area (Å²) in [5.74, 6) is 6.07. The number of aromatic nitrogens is 3. The van der Waals surface area contributed by atoms with Crippen molar-refractivity contribution in [2.45, 2.75) is 50.4 Å². The molecule has 1 N–H and O–H groups in total. The van der Waals surface area contributed by atoms with Gasteiger partial charge in [0, 0.05) is 44.7 Å². The maximum Gasteiger partial charge on any atom is 0.153 e. The first-order chi connectivity index (χ1) is 11.4. The Labute approximate surface area is 138 Å². The van der Waals surface area contributed by atoms with Crippen LogP contribution in [-0.2, 0) is 4.74 Å². The molecule has 0 unspecified atom stereocenters. The Morgan fingerprint density at radius 3 is 2.61 bits per heavy atom. The number of nitrogens with one attached hydrogen (secondary N) is 1. The molecule has 4 fully saturated rings. The highest BCUT2D eigenvalue weighted by molar-refractivity contribution is 5.12. The first-order valence-electron chi connectivity index (χ1n) is 9.59. The number of likely N-dealkylation sites (tertiary alicyclic amines) is 1. The lowest BCUT2D eigenvalue weighted by Crippen LogP contribution is -2.31. The molecule has 4 aliphatic rings. The van der Waals surface area contributed by atoms with E-state index in [4.69, 9.17) is 9.72 Å². The highest BCUT2D eigenvalue weighted by Crippen LogP contribution is 2.47. The fourth-order valence-electron chi connectivity index (χ4n) is 4.63. The van der Waals surface area contributed by atoms with Gasteiger partial charge in [0.2, 0.25) is 0 Å². The summed E-state index contributed by atoms with van der Waals surface area (Å²) in [6, 6.07) is 0. The molecule has 2 saturated carbocycles. The number of aromatic amines is 1. The molecule has 0 radical (unpaired) electrons. The van der Waals surface area contributed by atoms with Gasteiger partial charge < -0.3 is 9.64 Å². The number of ether oxygens (including phenoxy) is 1. The third kappa shape index (κ3) is 3.05. The van der Waals surface area contributed by atoms with Crippen LogP contribution in [-0.4, -0.2) is 52.9 Å². The standard InChI is InChI=1S/C18H28N4O/c1-2-13(1)15-10-22(9-12-5-7-23-8-6-12)11-16(15)18-19-17(20-21-18)14-3-4-14/h12-16H,1-11H2,(H,19,20,21)/t15-,16+/m1/s1. The summed E-state index contributed by atoms with van der Waals surface area (Å²) in [6.45, 7) is 5.62. The number of hydrogen-bond donors (Lipinski definition) is 1. The van der Waals surface area contributed by atoms with Gasteiger partial charge in [-0.3, -0.25) is 5.10 Å². The number of rotatable bonds is 5. The monoisotopic (exact) mass is 316 g/mol. The van der Waals surface area contributed by atoms with Crippen LogP contribution in [0.1, 0.15) is 62.0 Å². The van der Waals surface area contributed by atoms with Crippen molar-refractivity contribution in [2.24, 2.45) is 17.8 Å². The first-order valence-corrected chi connectivity index (χ1v) is 9.59. The van der Waals surface area contributed by atoms with Crippen LogP contribution < -0.4 is 0 Å². The topological polar surface area (TPSA) is 54.0 Å². The molecule has 1 aromatic heterocycles. The lowest BCUT2D eigenvalue weighted by Gasteiger charge is -2.27. The predicted molar refractivity (Wildman–Crippen MR) is 87.3 cm³/mol. The second kappa shape index (κ2) is 5.85. The third-order valence-electron chi connectivity index (χ3n) is 6.34. The van der Waals surface area contributed by atoms with Gasteiger partial charge in [0.25, 0.3) is 0 Å². The SMILES string of the molecule is C1CC(CN2C[C@H](c3nc(C4CC4)n[nH]3)[C@@H](C3CC3)C2)CCO1. The lowest BCUT2D eigenvalue weighted by atomic mass is 9.91. The lowest BCUT2D eigenvalue weighted by molar-refractivity contribution is 0.0549. The van der Waals surface area contributed by atoms with E-state index in [1.54, 1.807) is 0 Å². The highest BCUT2D eigenvalue weighted by Gasteiger charge is 2.45. The van der Waals surface area contributed by atoms with Gasteiger partial charge in [-0.25, -0.2) is 4.98 Å². The highest BCUT2D eigenvalue weighted by atomic mass is 16.5. The van der Waals surface area contributed by atoms with Crippen molar-refractivity contribution in [2.75, 3.05) is 32.8 Å². The van der Waals surface area contributed by atoms with Gasteiger partial charge >= 0.3 is 0 Å². The summed E-state index contributed by atoms with van der Waals surface area (Å²) in [6.07, 6.45) is 7.90. The molecule has 0 amide bonds. The van der Waals surface area contributed by atoms with E-state index in [0.717, 1.165) is 36.8 Å². The molecule has 126 valence electrons. The molecule has 2 aliphatic heterocycles. The Hall–Kier alpha value is -0.940. The molecule has 3 heterocycles. The Bertz CT molecular complexity index is 545. The summed E-state index contributed by atoms with van der Waals surface area (Å²) in [7, 11) is 0. The molecule has 23 heavy (non-hydrogen) atoms. The second-order valence-corrected chi connectivity index (χ2v) is 8.24. The Morgan fingerprint density at radius 2 is 1.87 bits per heavy atom. The predicted octanol–water partition coefficient (Wildman–Crippen LogP) is 2.53. The van der Waals surface area contributed by atoms with Crippen LogP contribution in [0.3, 0.4) is 0 Å². The number of H-pyrrole nitrogens is 1. The molecular weight excluding hydrogens is 288 g/mol. The summed E-state index contributed by atoms with van der Waals surface area (Å²) >= 11 is 0. The van der Waals surface area contributed by atoms with Gasteiger partial charge in [-0.05, 0) is 56.3 Å². The van der Waals surface area contributed by atoms with Crippen molar-refractivity contribution in [3.05, 3.63) is 11.6 Å². The van der Waals surface area contributed by atoms with Crippen LogP contribution >= 0.6 is 0 Å². The van der Waals surface area contributed by atoms with Crippen LogP contribution in [0.15, 0.2) is 0 Å². The van der Waals surface area contributed by atoms with Crippen LogP contribution in [0.2, 0.25) is 0 Å². The van der Waals surface area contributed by atoms with Gasteiger partial charge in [0.15, 0.2) is 5.82 Å². The molecule has 2 aliphatic carbocycles. The van der Waals surface area contributed by atoms with Gasteiger partial charge in [0.1, 0.15) is 5.82 Å². The van der Waals surface area contributed by atoms with Gasteiger partial charge in [-0.1, -0.05) is 0 Å². The van der Waals surface area contributed by atoms with E-state index in [1.807, 2.05) is 0 Å². The van der Waals surface area contributed by atoms with E-state index >= 15 is 0 Å². The maximum absolute atomic E-state index is 5.51. The van der Waals surface area contributed by atoms with Crippen LogP contribution in [0.5, 0.6) is 0 Å². The van der Waals surface area contributed by atoms with Crippen LogP contribution in [0.4, 0.5) is 0 Å². The quantitative estimate of drug-likeness (QED) is 0.907. The zero-order chi connectivity index (χ0) is 15.2. The van der Waals surface area contributed by atoms with Crippen molar-refractivity contribution in [3.8, 4) is 0 Å². The molecule has 5 rings (SSSR count). The molecule has 2 saturated heterocycles. The van der Waals surface area contributed by atoms with E-state index < -0.39 is 0 Å². The van der Waals surface area contributed by atoms with E-state index in [1.165, 1.54) is 64.0 Å². The Morgan fingerprint density at radius 1 is 1.04 bits per heavy atom. The van der Waals surface area contributed by atoms with Crippen molar-refractivity contribution in [1.29, 1.82) is 0 Å². The third-order valence-corrected chi connectivity index (χ3v) is 6.34. The summed E-state index contributed by atoms with van der Waals surface area (Å²) in [4.78, 5) is 7.59. The fourth-order valence-corrected chi connectivity index (χ4v) is 4.63. The van der Waals surface area contributed by atoms with Gasteiger partial charge in [-0.2, -0.15) is 5.10 Å². The molecular formula is C18H28N4O. The molecule has 5 nitrogen and oxygen atoms in total. The van der Waals surface area contributed by atoms with Crippen LogP contribution in [0.25, 0.3) is 0 Å². The summed E-state index contributed by atoms with van der Waals surface area (Å²) < 4.78 is 5.51. The van der Waals surface area contributed by atoms with E-state index in [2.05, 4.69) is 15.1 Å². The molecule has 5 heteroatoms. The minimum absolute atomic E-state index is 0.586. The second-order valence-electron chi connectivity index (χ2n) is 8.24. The van der Waals surface area contributed by atoms with E-state index in [-0.39, 0.29) is 0 Å². The van der Waals surface area contributed by atoms with Crippen molar-refractivity contribution < 1.29 is 4.74 Å². The van der Waals surface area contributed by atoms with Gasteiger partial charge in [0.05, 0.1) is 0 Å². The zero-order valence-corrected chi connectivity index (χ0v) is 13.9. The Balaban J connectivity index is 1.28. The number of nitrogens with zero attached hydrogens (tertiary/aromatic N) is 3. The average molecular weight is 316 g/mol. The maximum atomic E-state index is 5.51. The minimum Gasteiger partial charge on any atom is -0.381 e. The Kier molecular flexibility index (Phi) is 3.66. The zero-order valence-electron chi connectivity index (χ0n) is 13.9. The number of hydrogen-bond acceptors (Lipinski definition) is 4. The molecule has 0 aromatic carbocycles. The van der Waals surface area contributed by atoms with Crippen molar-refractivity contribution in [3.63, 3.8) is 0 Å². The normalized spacial score (nSPS) is 33.4. The molecule has 0 spiro atoms. The van der Waals surface area contributed by atoms with E-state index in [0.29, 0.717) is 11.8 Å². The summed E-state index contributed by atoms with van der Waals surface area (Å²) in [5.41, 5.74) is 0. The first kappa shape index (κ1) is 14.4. The van der Waals surface area contributed by atoms with Gasteiger partial charge in [-0.15, -0.1) is 0 Å². The van der Waals surface area contributed by atoms with Crippen molar-refractivity contribution >= 4 is 0 Å². The van der Waals surface area contributed by atoms with E-state index in [9.17, 15) is 0 Å². The van der Waals surface area contributed by atoms with Crippen LogP contribution in [0, 0.1) is 17.8 Å².